The summed E-state index contributed by atoms with van der Waals surface area (Å²) in [6, 6.07) is 4.84. The average molecular weight is 250 g/mol. The van der Waals surface area contributed by atoms with E-state index in [4.69, 9.17) is 17.0 Å². The molecule has 1 amide bonds. The van der Waals surface area contributed by atoms with Crippen LogP contribution in [0.1, 0.15) is 5.56 Å². The van der Waals surface area contributed by atoms with Crippen LogP contribution in [-0.2, 0) is 4.79 Å². The number of phenolic OH excluding ortho intramolecular Hbond substituents is 1. The fourth-order valence-electron chi connectivity index (χ4n) is 1.45. The number of phenols is 1. The predicted molar refractivity (Wildman–Crippen MR) is 66.5 cm³/mol. The first-order valence-corrected chi connectivity index (χ1v) is 5.22. The largest absolute Gasteiger partial charge is 0.504 e. The number of benzene rings is 1. The topological polar surface area (TPSA) is 70.6 Å². The van der Waals surface area contributed by atoms with Gasteiger partial charge in [0.15, 0.2) is 16.6 Å². The summed E-state index contributed by atoms with van der Waals surface area (Å²) in [4.78, 5) is 11.4. The van der Waals surface area contributed by atoms with E-state index < -0.39 is 0 Å². The lowest BCUT2D eigenvalue weighted by Gasteiger charge is -2.03. The van der Waals surface area contributed by atoms with Crippen LogP contribution >= 0.6 is 12.2 Å². The molecule has 0 bridgehead atoms. The van der Waals surface area contributed by atoms with Crippen LogP contribution in [0.4, 0.5) is 0 Å². The zero-order valence-corrected chi connectivity index (χ0v) is 9.80. The maximum Gasteiger partial charge on any atom is 0.273 e. The van der Waals surface area contributed by atoms with Crippen molar-refractivity contribution in [2.45, 2.75) is 0 Å². The van der Waals surface area contributed by atoms with Gasteiger partial charge in [0, 0.05) is 0 Å². The molecule has 0 saturated carbocycles. The van der Waals surface area contributed by atoms with E-state index in [0.29, 0.717) is 17.0 Å². The Bertz CT molecular complexity index is 525. The van der Waals surface area contributed by atoms with Gasteiger partial charge in [0.25, 0.3) is 5.91 Å². The lowest BCUT2D eigenvalue weighted by atomic mass is 10.1. The number of hydrogen-bond donors (Lipinski definition) is 3. The van der Waals surface area contributed by atoms with Crippen LogP contribution < -0.4 is 15.4 Å². The Morgan fingerprint density at radius 2 is 2.18 bits per heavy atom. The number of amides is 1. The number of aromatic hydroxyl groups is 1. The van der Waals surface area contributed by atoms with E-state index >= 15 is 0 Å². The van der Waals surface area contributed by atoms with Gasteiger partial charge >= 0.3 is 0 Å². The molecule has 0 aromatic heterocycles. The van der Waals surface area contributed by atoms with Gasteiger partial charge in [-0.25, -0.2) is 0 Å². The number of carbonyl (C=O) groups excluding carboxylic acids is 1. The molecule has 2 rings (SSSR count). The summed E-state index contributed by atoms with van der Waals surface area (Å²) in [6.45, 7) is 0. The Balaban J connectivity index is 2.30. The van der Waals surface area contributed by atoms with Crippen molar-refractivity contribution in [3.63, 3.8) is 0 Å². The van der Waals surface area contributed by atoms with E-state index in [9.17, 15) is 9.90 Å². The third kappa shape index (κ3) is 2.36. The molecule has 1 aliphatic rings. The Hall–Kier alpha value is -2.08. The minimum Gasteiger partial charge on any atom is -0.504 e. The zero-order valence-electron chi connectivity index (χ0n) is 8.98. The molecule has 3 N–H and O–H groups in total. The molecular formula is C11H10N2O3S. The van der Waals surface area contributed by atoms with Crippen LogP contribution in [0.15, 0.2) is 23.9 Å². The third-order valence-corrected chi connectivity index (χ3v) is 2.44. The van der Waals surface area contributed by atoms with Gasteiger partial charge in [-0.05, 0) is 36.0 Å². The first-order valence-electron chi connectivity index (χ1n) is 4.81. The lowest BCUT2D eigenvalue weighted by Crippen LogP contribution is -2.21. The highest BCUT2D eigenvalue weighted by atomic mass is 32.1. The molecule has 0 radical (unpaired) electrons. The summed E-state index contributed by atoms with van der Waals surface area (Å²) in [5, 5.41) is 15.0. The van der Waals surface area contributed by atoms with Crippen LogP contribution in [0.3, 0.4) is 0 Å². The van der Waals surface area contributed by atoms with Crippen molar-refractivity contribution in [1.82, 2.24) is 10.6 Å². The van der Waals surface area contributed by atoms with Crippen molar-refractivity contribution in [3.8, 4) is 11.5 Å². The van der Waals surface area contributed by atoms with Crippen molar-refractivity contribution < 1.29 is 14.6 Å². The molecule has 1 aromatic carbocycles. The van der Waals surface area contributed by atoms with Crippen molar-refractivity contribution in [2.75, 3.05) is 7.11 Å². The van der Waals surface area contributed by atoms with Gasteiger partial charge in [0.1, 0.15) is 5.70 Å². The maximum absolute atomic E-state index is 11.4. The van der Waals surface area contributed by atoms with Gasteiger partial charge in [-0.2, -0.15) is 0 Å². The Kier molecular flexibility index (Phi) is 2.97. The molecule has 1 aromatic rings. The van der Waals surface area contributed by atoms with Crippen LogP contribution in [0.25, 0.3) is 6.08 Å². The SMILES string of the molecule is COc1ccc(C=C2NC(=S)NC2=O)cc1O. The summed E-state index contributed by atoms with van der Waals surface area (Å²) >= 11 is 4.80. The van der Waals surface area contributed by atoms with Crippen LogP contribution in [-0.4, -0.2) is 23.2 Å². The number of carbonyl (C=O) groups is 1. The molecule has 0 atom stereocenters. The number of nitrogens with one attached hydrogen (secondary N) is 2. The summed E-state index contributed by atoms with van der Waals surface area (Å²) in [5.74, 6) is 0.111. The second-order valence-electron chi connectivity index (χ2n) is 3.40. The molecule has 88 valence electrons. The molecule has 0 spiro atoms. The second kappa shape index (κ2) is 4.42. The van der Waals surface area contributed by atoms with Gasteiger partial charge in [-0.1, -0.05) is 6.07 Å². The molecule has 6 heteroatoms. The predicted octanol–water partition coefficient (Wildman–Crippen LogP) is 0.746. The van der Waals surface area contributed by atoms with Crippen molar-refractivity contribution in [1.29, 1.82) is 0 Å². The van der Waals surface area contributed by atoms with Gasteiger partial charge in [0.2, 0.25) is 0 Å². The molecule has 1 aliphatic heterocycles. The van der Waals surface area contributed by atoms with Crippen LogP contribution in [0.5, 0.6) is 11.5 Å². The van der Waals surface area contributed by atoms with Crippen LogP contribution in [0.2, 0.25) is 0 Å². The summed E-state index contributed by atoms with van der Waals surface area (Å²) in [6.07, 6.45) is 1.59. The van der Waals surface area contributed by atoms with E-state index in [0.717, 1.165) is 0 Å². The number of ether oxygens (including phenoxy) is 1. The Morgan fingerprint density at radius 3 is 2.71 bits per heavy atom. The molecule has 17 heavy (non-hydrogen) atoms. The molecule has 1 heterocycles. The number of hydrogen-bond acceptors (Lipinski definition) is 4. The standard InChI is InChI=1S/C11H10N2O3S/c1-16-9-3-2-6(5-8(9)14)4-7-10(15)13-11(17)12-7/h2-5,14H,1H3,(H2,12,13,15,17). The Morgan fingerprint density at radius 1 is 1.41 bits per heavy atom. The number of thiocarbonyl (C=S) groups is 1. The highest BCUT2D eigenvalue weighted by molar-refractivity contribution is 7.80. The average Bonchev–Trinajstić information content (AvgIpc) is 2.58. The van der Waals surface area contributed by atoms with Gasteiger partial charge in [-0.15, -0.1) is 0 Å². The smallest absolute Gasteiger partial charge is 0.273 e. The highest BCUT2D eigenvalue weighted by Gasteiger charge is 2.19. The van der Waals surface area contributed by atoms with Crippen molar-refractivity contribution in [2.24, 2.45) is 0 Å². The van der Waals surface area contributed by atoms with Crippen molar-refractivity contribution >= 4 is 29.3 Å². The summed E-state index contributed by atoms with van der Waals surface area (Å²) in [7, 11) is 1.47. The normalized spacial score (nSPS) is 16.9. The Labute approximate surface area is 103 Å². The first-order chi connectivity index (χ1) is 8.10. The maximum atomic E-state index is 11.4. The fraction of sp³-hybridized carbons (Fsp3) is 0.0909. The van der Waals surface area contributed by atoms with E-state index in [-0.39, 0.29) is 16.8 Å². The summed E-state index contributed by atoms with van der Waals surface area (Å²) in [5.41, 5.74) is 1.02. The molecule has 1 fully saturated rings. The van der Waals surface area contributed by atoms with E-state index in [1.54, 1.807) is 18.2 Å². The highest BCUT2D eigenvalue weighted by Crippen LogP contribution is 2.27. The van der Waals surface area contributed by atoms with E-state index in [1.165, 1.54) is 13.2 Å². The minimum absolute atomic E-state index is 0.0165. The first kappa shape index (κ1) is 11.4. The monoisotopic (exact) mass is 250 g/mol. The molecule has 1 saturated heterocycles. The lowest BCUT2D eigenvalue weighted by molar-refractivity contribution is -0.115. The molecular weight excluding hydrogens is 240 g/mol. The van der Waals surface area contributed by atoms with Gasteiger partial charge in [0.05, 0.1) is 7.11 Å². The minimum atomic E-state index is -0.287. The van der Waals surface area contributed by atoms with E-state index in [1.807, 2.05) is 0 Å². The zero-order chi connectivity index (χ0) is 12.4. The second-order valence-corrected chi connectivity index (χ2v) is 3.81. The molecule has 0 unspecified atom stereocenters. The fourth-order valence-corrected chi connectivity index (χ4v) is 1.65. The van der Waals surface area contributed by atoms with E-state index in [2.05, 4.69) is 10.6 Å². The molecule has 0 aliphatic carbocycles. The third-order valence-electron chi connectivity index (χ3n) is 2.23. The van der Waals surface area contributed by atoms with Gasteiger partial charge < -0.3 is 15.2 Å². The van der Waals surface area contributed by atoms with Crippen LogP contribution in [0, 0.1) is 0 Å². The molecule has 5 nitrogen and oxygen atoms in total. The van der Waals surface area contributed by atoms with Gasteiger partial charge in [-0.3, -0.25) is 10.1 Å². The quantitative estimate of drug-likeness (QED) is 0.533. The summed E-state index contributed by atoms with van der Waals surface area (Å²) < 4.78 is 4.92. The number of rotatable bonds is 2. The van der Waals surface area contributed by atoms with Crippen molar-refractivity contribution in [3.05, 3.63) is 29.5 Å². The number of methoxy groups -OCH3 is 1.